The quantitative estimate of drug-likeness (QED) is 0.720. The third kappa shape index (κ3) is 4.36. The van der Waals surface area contributed by atoms with E-state index in [4.69, 9.17) is 15.2 Å². The van der Waals surface area contributed by atoms with Crippen LogP contribution in [0.15, 0.2) is 51.9 Å². The van der Waals surface area contributed by atoms with Gasteiger partial charge in [0.05, 0.1) is 18.1 Å². The van der Waals surface area contributed by atoms with Crippen LogP contribution in [0.1, 0.15) is 57.4 Å². The summed E-state index contributed by atoms with van der Waals surface area (Å²) in [5, 5.41) is 10.3. The molecule has 0 spiro atoms. The average molecular weight is 399 g/mol. The van der Waals surface area contributed by atoms with Gasteiger partial charge in [-0.05, 0) is 44.4 Å². The molecule has 1 atom stereocenters. The van der Waals surface area contributed by atoms with Gasteiger partial charge in [0.2, 0.25) is 5.88 Å². The van der Waals surface area contributed by atoms with E-state index in [1.807, 2.05) is 23.9 Å². The summed E-state index contributed by atoms with van der Waals surface area (Å²) in [7, 11) is 0. The lowest BCUT2D eigenvalue weighted by molar-refractivity contribution is -0.139. The first-order valence-corrected chi connectivity index (χ1v) is 10.6. The largest absolute Gasteiger partial charge is 0.463 e. The van der Waals surface area contributed by atoms with Crippen molar-refractivity contribution in [2.24, 2.45) is 5.73 Å². The van der Waals surface area contributed by atoms with E-state index in [9.17, 15) is 10.1 Å². The van der Waals surface area contributed by atoms with Crippen molar-refractivity contribution < 1.29 is 14.3 Å². The van der Waals surface area contributed by atoms with E-state index in [0.29, 0.717) is 16.6 Å². The van der Waals surface area contributed by atoms with Crippen molar-refractivity contribution in [3.05, 3.63) is 52.6 Å². The van der Waals surface area contributed by atoms with E-state index >= 15 is 0 Å². The van der Waals surface area contributed by atoms with E-state index in [-0.39, 0.29) is 18.1 Å². The lowest BCUT2D eigenvalue weighted by Crippen LogP contribution is -2.25. The molecule has 1 saturated carbocycles. The van der Waals surface area contributed by atoms with Crippen LogP contribution in [-0.4, -0.2) is 17.8 Å². The number of esters is 1. The summed E-state index contributed by atoms with van der Waals surface area (Å²) in [6, 6.07) is 10.2. The van der Waals surface area contributed by atoms with Crippen LogP contribution in [0.3, 0.4) is 0 Å². The van der Waals surface area contributed by atoms with Gasteiger partial charge >= 0.3 is 5.97 Å². The summed E-state index contributed by atoms with van der Waals surface area (Å²) >= 11 is 1.91. The first-order valence-electron chi connectivity index (χ1n) is 9.77. The number of nitrogens with two attached hydrogens (primary N) is 1. The Labute approximate surface area is 170 Å². The topological polar surface area (TPSA) is 85.3 Å². The molecular weight excluding hydrogens is 372 g/mol. The Kier molecular flexibility index (Phi) is 6.69. The minimum Gasteiger partial charge on any atom is -0.463 e. The SMILES string of the molecule is CCOC(=O)C1=C(C)OC(N)=C(C#N)C1c1ccc(SC2CCCCC2)cc1. The molecule has 1 aromatic carbocycles. The summed E-state index contributed by atoms with van der Waals surface area (Å²) in [5.74, 6) is -0.642. The molecule has 0 amide bonds. The summed E-state index contributed by atoms with van der Waals surface area (Å²) in [4.78, 5) is 13.8. The van der Waals surface area contributed by atoms with Crippen molar-refractivity contribution >= 4 is 17.7 Å². The predicted octanol–water partition coefficient (Wildman–Crippen LogP) is 4.76. The number of hydrogen-bond donors (Lipinski definition) is 1. The number of thioether (sulfide) groups is 1. The minimum atomic E-state index is -0.577. The van der Waals surface area contributed by atoms with Crippen LogP contribution in [0, 0.1) is 11.3 Å². The van der Waals surface area contributed by atoms with E-state index in [0.717, 1.165) is 5.56 Å². The molecule has 6 heteroatoms. The molecule has 1 fully saturated rings. The maximum atomic E-state index is 12.6. The number of allylic oxidation sites excluding steroid dienone is 2. The molecule has 0 aromatic heterocycles. The van der Waals surface area contributed by atoms with Crippen LogP contribution in [0.25, 0.3) is 0 Å². The first-order chi connectivity index (χ1) is 13.5. The van der Waals surface area contributed by atoms with Crippen molar-refractivity contribution in [2.75, 3.05) is 6.61 Å². The standard InChI is InChI=1S/C22H26N2O3S/c1-3-26-22(25)19-14(2)27-21(24)18(13-23)20(19)15-9-11-17(12-10-15)28-16-7-5-4-6-8-16/h9-12,16,20H,3-8,24H2,1-2H3. The molecule has 1 unspecified atom stereocenters. The Bertz CT molecular complexity index is 830. The highest BCUT2D eigenvalue weighted by atomic mass is 32.2. The van der Waals surface area contributed by atoms with Gasteiger partial charge in [0, 0.05) is 10.1 Å². The van der Waals surface area contributed by atoms with Gasteiger partial charge in [-0.25, -0.2) is 4.79 Å². The molecule has 1 aliphatic carbocycles. The monoisotopic (exact) mass is 398 g/mol. The first kappa shape index (κ1) is 20.3. The molecule has 0 bridgehead atoms. The van der Waals surface area contributed by atoms with Crippen molar-refractivity contribution in [1.82, 2.24) is 0 Å². The van der Waals surface area contributed by atoms with Gasteiger partial charge in [0.15, 0.2) is 0 Å². The number of carbonyl (C=O) groups is 1. The fourth-order valence-corrected chi connectivity index (χ4v) is 5.05. The van der Waals surface area contributed by atoms with Crippen molar-refractivity contribution in [1.29, 1.82) is 5.26 Å². The number of benzene rings is 1. The Hall–Kier alpha value is -2.39. The minimum absolute atomic E-state index is 0.0405. The zero-order chi connectivity index (χ0) is 20.1. The molecule has 3 rings (SSSR count). The number of hydrogen-bond acceptors (Lipinski definition) is 6. The Morgan fingerprint density at radius 1 is 1.29 bits per heavy atom. The molecule has 1 heterocycles. The van der Waals surface area contributed by atoms with Crippen LogP contribution in [0.4, 0.5) is 0 Å². The van der Waals surface area contributed by atoms with E-state index in [1.54, 1.807) is 13.8 Å². The summed E-state index contributed by atoms with van der Waals surface area (Å²) < 4.78 is 10.7. The highest BCUT2D eigenvalue weighted by molar-refractivity contribution is 8.00. The maximum absolute atomic E-state index is 12.6. The van der Waals surface area contributed by atoms with Crippen molar-refractivity contribution in [3.63, 3.8) is 0 Å². The molecule has 5 nitrogen and oxygen atoms in total. The van der Waals surface area contributed by atoms with Gasteiger partial charge in [-0.2, -0.15) is 5.26 Å². The molecule has 148 valence electrons. The summed E-state index contributed by atoms with van der Waals surface area (Å²) in [5.41, 5.74) is 7.34. The predicted molar refractivity (Wildman–Crippen MR) is 109 cm³/mol. The van der Waals surface area contributed by atoms with Crippen LogP contribution in [0.2, 0.25) is 0 Å². The molecule has 1 aliphatic heterocycles. The van der Waals surface area contributed by atoms with E-state index in [1.165, 1.54) is 37.0 Å². The molecule has 1 aromatic rings. The van der Waals surface area contributed by atoms with Gasteiger partial charge < -0.3 is 15.2 Å². The third-order valence-electron chi connectivity index (χ3n) is 5.17. The Morgan fingerprint density at radius 3 is 2.57 bits per heavy atom. The summed E-state index contributed by atoms with van der Waals surface area (Å²) in [6.45, 7) is 3.67. The third-order valence-corrected chi connectivity index (χ3v) is 6.52. The van der Waals surface area contributed by atoms with Crippen molar-refractivity contribution in [3.8, 4) is 6.07 Å². The summed E-state index contributed by atoms with van der Waals surface area (Å²) in [6.07, 6.45) is 6.48. The fourth-order valence-electron chi connectivity index (χ4n) is 3.80. The second-order valence-corrected chi connectivity index (χ2v) is 8.44. The number of nitrogens with zero attached hydrogens (tertiary/aromatic N) is 1. The lowest BCUT2D eigenvalue weighted by Gasteiger charge is -2.27. The number of carbonyl (C=O) groups excluding carboxylic acids is 1. The maximum Gasteiger partial charge on any atom is 0.338 e. The molecule has 0 radical (unpaired) electrons. The van der Waals surface area contributed by atoms with Gasteiger partial charge in [-0.15, -0.1) is 11.8 Å². The number of nitriles is 1. The van der Waals surface area contributed by atoms with E-state index in [2.05, 4.69) is 18.2 Å². The molecule has 0 saturated heterocycles. The van der Waals surface area contributed by atoms with Gasteiger partial charge in [-0.3, -0.25) is 0 Å². The van der Waals surface area contributed by atoms with Gasteiger partial charge in [0.1, 0.15) is 17.4 Å². The zero-order valence-electron chi connectivity index (χ0n) is 16.4. The second kappa shape index (κ2) is 9.20. The lowest BCUT2D eigenvalue weighted by atomic mass is 9.83. The van der Waals surface area contributed by atoms with Crippen LogP contribution >= 0.6 is 11.8 Å². The second-order valence-electron chi connectivity index (χ2n) is 7.06. The van der Waals surface area contributed by atoms with Crippen LogP contribution in [0.5, 0.6) is 0 Å². The fraction of sp³-hybridized carbons (Fsp3) is 0.455. The van der Waals surface area contributed by atoms with Gasteiger partial charge in [0.25, 0.3) is 0 Å². The highest BCUT2D eigenvalue weighted by Gasteiger charge is 2.36. The van der Waals surface area contributed by atoms with Gasteiger partial charge in [-0.1, -0.05) is 31.4 Å². The molecule has 2 N–H and O–H groups in total. The average Bonchev–Trinajstić information content (AvgIpc) is 2.69. The smallest absolute Gasteiger partial charge is 0.338 e. The molecular formula is C22H26N2O3S. The highest BCUT2D eigenvalue weighted by Crippen LogP contribution is 2.40. The van der Waals surface area contributed by atoms with E-state index < -0.39 is 11.9 Å². The Morgan fingerprint density at radius 2 is 1.96 bits per heavy atom. The van der Waals surface area contributed by atoms with Crippen LogP contribution in [-0.2, 0) is 14.3 Å². The molecule has 2 aliphatic rings. The normalized spacial score (nSPS) is 20.5. The number of rotatable bonds is 5. The zero-order valence-corrected chi connectivity index (χ0v) is 17.2. The molecule has 28 heavy (non-hydrogen) atoms. The van der Waals surface area contributed by atoms with Crippen LogP contribution < -0.4 is 5.73 Å². The van der Waals surface area contributed by atoms with Crippen molar-refractivity contribution in [2.45, 2.75) is 62.0 Å². The Balaban J connectivity index is 1.89. The number of ether oxygens (including phenoxy) is 2.